The number of carbonyl (C=O) groups is 2. The lowest BCUT2D eigenvalue weighted by molar-refractivity contribution is -0.253. The molecule has 1 fully saturated rings. The fraction of sp³-hybridized carbons (Fsp3) is 0.333. The van der Waals surface area contributed by atoms with Crippen LogP contribution in [0.2, 0.25) is 0 Å². The second-order valence-corrected chi connectivity index (χ2v) is 12.4. The van der Waals surface area contributed by atoms with E-state index in [2.05, 4.69) is 53.8 Å². The van der Waals surface area contributed by atoms with Crippen LogP contribution in [0.5, 0.6) is 0 Å². The minimum Gasteiger partial charge on any atom is -0.397 e. The van der Waals surface area contributed by atoms with Crippen LogP contribution < -0.4 is 16.4 Å². The second-order valence-electron chi connectivity index (χ2n) is 12.4. The number of para-hydroxylation sites is 2. The predicted octanol–water partition coefficient (Wildman–Crippen LogP) is 6.42. The quantitative estimate of drug-likeness (QED) is 0.116. The predicted molar refractivity (Wildman–Crippen MR) is 188 cm³/mol. The molecule has 0 saturated carbocycles. The largest absolute Gasteiger partial charge is 0.397 e. The minimum atomic E-state index is -0.562. The average molecular weight is 651 g/mol. The number of benzene rings is 4. The molecule has 252 valence electrons. The van der Waals surface area contributed by atoms with Crippen molar-refractivity contribution in [2.24, 2.45) is 0 Å². The summed E-state index contributed by atoms with van der Waals surface area (Å²) in [5.41, 5.74) is 12.0. The molecule has 9 nitrogen and oxygen atoms in total. The van der Waals surface area contributed by atoms with E-state index in [9.17, 15) is 14.7 Å². The number of nitrogen functional groups attached to an aromatic ring is 1. The third-order valence-electron chi connectivity index (χ3n) is 8.83. The molecule has 48 heavy (non-hydrogen) atoms. The molecule has 0 aromatic heterocycles. The molecular weight excluding hydrogens is 604 g/mol. The van der Waals surface area contributed by atoms with Crippen molar-refractivity contribution in [1.82, 2.24) is 10.2 Å². The first-order valence-electron chi connectivity index (χ1n) is 16.5. The van der Waals surface area contributed by atoms with Crippen molar-refractivity contribution in [1.29, 1.82) is 0 Å². The van der Waals surface area contributed by atoms with Crippen molar-refractivity contribution in [3.8, 4) is 0 Å². The standard InChI is InChI=1S/C39H46N4O5/c1-27(30-9-4-3-5-10-30)43(2)25-33-23-36(31-19-17-29(26-44)18-20-31)48-39(47-33)32-21-15-28(16-22-32)24-41-37(45)13-8-14-38(46)42-35-12-7-6-11-34(35)40/h3-7,9-12,15-22,27,33,36,39,44H,8,13-14,23-26,40H2,1-2H3,(H,41,45)(H,42,46). The average Bonchev–Trinajstić information content (AvgIpc) is 3.12. The summed E-state index contributed by atoms with van der Waals surface area (Å²) >= 11 is 0. The van der Waals surface area contributed by atoms with Gasteiger partial charge in [0.15, 0.2) is 6.29 Å². The van der Waals surface area contributed by atoms with E-state index in [1.54, 1.807) is 24.3 Å². The number of likely N-dealkylation sites (N-methyl/N-ethyl adjacent to an activating group) is 1. The number of hydrogen-bond acceptors (Lipinski definition) is 7. The number of nitrogens with one attached hydrogen (secondary N) is 2. The second kappa shape index (κ2) is 17.0. The Balaban J connectivity index is 1.16. The molecule has 1 heterocycles. The molecule has 4 aromatic rings. The zero-order valence-electron chi connectivity index (χ0n) is 27.7. The molecule has 0 radical (unpaired) electrons. The van der Waals surface area contributed by atoms with Crippen LogP contribution in [0.3, 0.4) is 0 Å². The molecule has 5 rings (SSSR count). The third kappa shape index (κ3) is 9.74. The van der Waals surface area contributed by atoms with E-state index in [0.717, 1.165) is 28.8 Å². The fourth-order valence-electron chi connectivity index (χ4n) is 5.81. The molecule has 4 atom stereocenters. The van der Waals surface area contributed by atoms with E-state index in [0.29, 0.717) is 30.8 Å². The molecule has 1 aliphatic heterocycles. The van der Waals surface area contributed by atoms with E-state index in [1.807, 2.05) is 54.6 Å². The molecule has 0 bridgehead atoms. The highest BCUT2D eigenvalue weighted by atomic mass is 16.7. The van der Waals surface area contributed by atoms with Gasteiger partial charge in [0.2, 0.25) is 11.8 Å². The van der Waals surface area contributed by atoms with Crippen molar-refractivity contribution >= 4 is 23.2 Å². The normalized spacial score (nSPS) is 18.3. The number of nitrogens with two attached hydrogens (primary N) is 1. The van der Waals surface area contributed by atoms with Gasteiger partial charge in [0.05, 0.1) is 30.2 Å². The number of nitrogens with zero attached hydrogens (tertiary/aromatic N) is 1. The Morgan fingerprint density at radius 2 is 1.50 bits per heavy atom. The van der Waals surface area contributed by atoms with Crippen LogP contribution in [0, 0.1) is 0 Å². The summed E-state index contributed by atoms with van der Waals surface area (Å²) < 4.78 is 13.1. The van der Waals surface area contributed by atoms with E-state index in [4.69, 9.17) is 15.2 Å². The number of anilines is 2. The summed E-state index contributed by atoms with van der Waals surface area (Å²) in [5, 5.41) is 15.3. The van der Waals surface area contributed by atoms with Gasteiger partial charge in [-0.2, -0.15) is 0 Å². The van der Waals surface area contributed by atoms with Crippen molar-refractivity contribution < 1.29 is 24.2 Å². The van der Waals surface area contributed by atoms with Gasteiger partial charge in [-0.15, -0.1) is 0 Å². The molecule has 5 N–H and O–H groups in total. The van der Waals surface area contributed by atoms with Crippen LogP contribution in [0.1, 0.15) is 78.9 Å². The van der Waals surface area contributed by atoms with E-state index < -0.39 is 6.29 Å². The molecule has 2 amide bonds. The van der Waals surface area contributed by atoms with Gasteiger partial charge in [-0.3, -0.25) is 14.5 Å². The SMILES string of the molecule is CC(c1ccccc1)N(C)CC1CC(c2ccc(CO)cc2)OC(c2ccc(CNC(=O)CCCC(=O)Nc3ccccc3N)cc2)O1. The summed E-state index contributed by atoms with van der Waals surface area (Å²) in [7, 11) is 2.12. The van der Waals surface area contributed by atoms with Crippen LogP contribution in [0.4, 0.5) is 11.4 Å². The Hall–Kier alpha value is -4.54. The zero-order valence-corrected chi connectivity index (χ0v) is 27.7. The van der Waals surface area contributed by atoms with Gasteiger partial charge in [-0.25, -0.2) is 0 Å². The maximum Gasteiger partial charge on any atom is 0.224 e. The number of amides is 2. The molecule has 4 unspecified atom stereocenters. The molecule has 0 spiro atoms. The molecule has 9 heteroatoms. The van der Waals surface area contributed by atoms with E-state index >= 15 is 0 Å². The maximum atomic E-state index is 12.5. The van der Waals surface area contributed by atoms with Gasteiger partial charge in [0.25, 0.3) is 0 Å². The molecule has 1 saturated heterocycles. The van der Waals surface area contributed by atoms with Crippen molar-refractivity contribution in [3.63, 3.8) is 0 Å². The Morgan fingerprint density at radius 1 is 0.854 bits per heavy atom. The lowest BCUT2D eigenvalue weighted by Crippen LogP contribution is -2.38. The zero-order chi connectivity index (χ0) is 33.9. The summed E-state index contributed by atoms with van der Waals surface area (Å²) in [4.78, 5) is 27.0. The van der Waals surface area contributed by atoms with Crippen LogP contribution in [0.15, 0.2) is 103 Å². The fourth-order valence-corrected chi connectivity index (χ4v) is 5.81. The van der Waals surface area contributed by atoms with E-state index in [-0.39, 0.29) is 49.5 Å². The van der Waals surface area contributed by atoms with Gasteiger partial charge in [0.1, 0.15) is 0 Å². The number of carbonyl (C=O) groups excluding carboxylic acids is 2. The Kier molecular flexibility index (Phi) is 12.3. The van der Waals surface area contributed by atoms with Gasteiger partial charge in [0, 0.05) is 44.0 Å². The van der Waals surface area contributed by atoms with Gasteiger partial charge >= 0.3 is 0 Å². The lowest BCUT2D eigenvalue weighted by atomic mass is 9.99. The minimum absolute atomic E-state index is 0.00300. The highest BCUT2D eigenvalue weighted by molar-refractivity contribution is 5.93. The van der Waals surface area contributed by atoms with Crippen molar-refractivity contribution in [3.05, 3.63) is 131 Å². The third-order valence-corrected chi connectivity index (χ3v) is 8.83. The highest BCUT2D eigenvalue weighted by Crippen LogP contribution is 2.38. The number of aliphatic hydroxyl groups is 1. The molecule has 0 aliphatic carbocycles. The van der Waals surface area contributed by atoms with Gasteiger partial charge < -0.3 is 30.9 Å². The number of rotatable bonds is 14. The number of hydrogen-bond donors (Lipinski definition) is 4. The first-order valence-corrected chi connectivity index (χ1v) is 16.5. The first-order chi connectivity index (χ1) is 23.3. The molecule has 1 aliphatic rings. The molecule has 4 aromatic carbocycles. The van der Waals surface area contributed by atoms with Crippen LogP contribution in [-0.2, 0) is 32.2 Å². The monoisotopic (exact) mass is 650 g/mol. The number of ether oxygens (including phenoxy) is 2. The summed E-state index contributed by atoms with van der Waals surface area (Å²) in [6.07, 6.45) is 0.803. The highest BCUT2D eigenvalue weighted by Gasteiger charge is 2.33. The summed E-state index contributed by atoms with van der Waals surface area (Å²) in [5.74, 6) is -0.288. The van der Waals surface area contributed by atoms with Crippen molar-refractivity contribution in [2.75, 3.05) is 24.6 Å². The van der Waals surface area contributed by atoms with Crippen molar-refractivity contribution in [2.45, 2.75) is 70.3 Å². The summed E-state index contributed by atoms with van der Waals surface area (Å²) in [6, 6.07) is 33.6. The van der Waals surface area contributed by atoms with Crippen LogP contribution in [-0.4, -0.2) is 41.5 Å². The lowest BCUT2D eigenvalue weighted by Gasteiger charge is -2.39. The Bertz CT molecular complexity index is 1610. The topological polar surface area (TPSA) is 126 Å². The molecular formula is C39H46N4O5. The Labute approximate surface area is 283 Å². The van der Waals surface area contributed by atoms with Gasteiger partial charge in [-0.1, -0.05) is 91.0 Å². The first kappa shape index (κ1) is 34.8. The number of aliphatic hydroxyl groups excluding tert-OH is 1. The smallest absolute Gasteiger partial charge is 0.224 e. The van der Waals surface area contributed by atoms with Gasteiger partial charge in [-0.05, 0) is 54.8 Å². The van der Waals surface area contributed by atoms with Crippen LogP contribution in [0.25, 0.3) is 0 Å². The maximum absolute atomic E-state index is 12.5. The van der Waals surface area contributed by atoms with Crippen LogP contribution >= 0.6 is 0 Å². The summed E-state index contributed by atoms with van der Waals surface area (Å²) in [6.45, 7) is 3.31. The Morgan fingerprint density at radius 3 is 2.21 bits per heavy atom. The van der Waals surface area contributed by atoms with E-state index in [1.165, 1.54) is 5.56 Å².